The first kappa shape index (κ1) is 14.6. The molecule has 0 aromatic carbocycles. The maximum Gasteiger partial charge on any atom is 0.152 e. The third-order valence-corrected chi connectivity index (χ3v) is 5.27. The van der Waals surface area contributed by atoms with Gasteiger partial charge in [-0.1, -0.05) is 5.21 Å². The third-order valence-electron chi connectivity index (χ3n) is 5.27. The molecule has 1 spiro atoms. The number of aromatic nitrogens is 5. The van der Waals surface area contributed by atoms with Gasteiger partial charge in [-0.3, -0.25) is 5.01 Å². The summed E-state index contributed by atoms with van der Waals surface area (Å²) in [6.45, 7) is 4.56. The van der Waals surface area contributed by atoms with Crippen molar-refractivity contribution < 1.29 is 4.74 Å². The summed E-state index contributed by atoms with van der Waals surface area (Å²) in [5, 5.41) is 9.85. The highest BCUT2D eigenvalue weighted by Gasteiger charge is 2.44. The van der Waals surface area contributed by atoms with Crippen LogP contribution in [0.5, 0.6) is 0 Å². The molecule has 2 saturated heterocycles. The van der Waals surface area contributed by atoms with E-state index in [-0.39, 0.29) is 0 Å². The van der Waals surface area contributed by atoms with Gasteiger partial charge in [0.15, 0.2) is 5.82 Å². The second kappa shape index (κ2) is 5.69. The summed E-state index contributed by atoms with van der Waals surface area (Å²) in [5.41, 5.74) is 4.67. The van der Waals surface area contributed by atoms with Crippen molar-refractivity contribution in [3.8, 4) is 0 Å². The molecule has 0 aliphatic carbocycles. The first-order chi connectivity index (χ1) is 12.3. The Hall–Kier alpha value is -2.68. The first-order valence-electron chi connectivity index (χ1n) is 8.56. The molecule has 2 fully saturated rings. The summed E-state index contributed by atoms with van der Waals surface area (Å²) in [7, 11) is 0. The Balaban J connectivity index is 1.27. The van der Waals surface area contributed by atoms with Crippen LogP contribution in [0.15, 0.2) is 31.0 Å². The predicted octanol–water partition coefficient (Wildman–Crippen LogP) is 0.508. The molecule has 2 aromatic heterocycles. The number of nitrogens with zero attached hydrogens (tertiary/aromatic N) is 7. The standard InChI is InChI=1S/C16H20N8O/c1-5-25-6-2-16(1)10-22(11-16)14-7-15(18-12-17-14)24-9-13(8-20-24)23-4-3-19-21-23/h3-4,7-8,12,20H,1-2,5-6,9-11H2. The molecule has 0 bridgehead atoms. The van der Waals surface area contributed by atoms with E-state index in [2.05, 4.69) is 30.6 Å². The van der Waals surface area contributed by atoms with Gasteiger partial charge in [0.25, 0.3) is 0 Å². The lowest BCUT2D eigenvalue weighted by Crippen LogP contribution is -2.58. The lowest BCUT2D eigenvalue weighted by atomic mass is 9.73. The third kappa shape index (κ3) is 2.60. The molecule has 0 saturated carbocycles. The fourth-order valence-corrected chi connectivity index (χ4v) is 3.76. The van der Waals surface area contributed by atoms with Crippen molar-refractivity contribution in [2.75, 3.05) is 42.8 Å². The summed E-state index contributed by atoms with van der Waals surface area (Å²) in [4.78, 5) is 11.2. The van der Waals surface area contributed by atoms with Gasteiger partial charge < -0.3 is 15.1 Å². The second-order valence-corrected chi connectivity index (χ2v) is 6.90. The van der Waals surface area contributed by atoms with Crippen LogP contribution in [-0.4, -0.2) is 57.8 Å². The molecule has 5 rings (SSSR count). The zero-order valence-corrected chi connectivity index (χ0v) is 13.9. The number of hydrogen-bond acceptors (Lipinski definition) is 8. The summed E-state index contributed by atoms with van der Waals surface area (Å²) in [6, 6.07) is 2.04. The van der Waals surface area contributed by atoms with Crippen molar-refractivity contribution in [2.24, 2.45) is 5.41 Å². The van der Waals surface area contributed by atoms with Crippen molar-refractivity contribution in [1.29, 1.82) is 0 Å². The van der Waals surface area contributed by atoms with Gasteiger partial charge in [-0.05, 0) is 12.8 Å². The highest BCUT2D eigenvalue weighted by Crippen LogP contribution is 2.41. The molecule has 0 radical (unpaired) electrons. The number of anilines is 2. The monoisotopic (exact) mass is 340 g/mol. The highest BCUT2D eigenvalue weighted by atomic mass is 16.5. The molecule has 1 N–H and O–H groups in total. The topological polar surface area (TPSA) is 84.2 Å². The van der Waals surface area contributed by atoms with Crippen LogP contribution in [0.3, 0.4) is 0 Å². The maximum atomic E-state index is 5.49. The SMILES string of the molecule is C1=C(n2ccnn2)CN(c2cc(N3CC4(CCOCC4)C3)ncn2)N1. The van der Waals surface area contributed by atoms with Crippen molar-refractivity contribution in [2.45, 2.75) is 12.8 Å². The molecule has 0 amide bonds. The molecule has 2 aromatic rings. The number of hydrogen-bond donors (Lipinski definition) is 1. The van der Waals surface area contributed by atoms with E-state index in [4.69, 9.17) is 4.74 Å². The summed E-state index contributed by atoms with van der Waals surface area (Å²) in [5.74, 6) is 1.84. The molecule has 9 nitrogen and oxygen atoms in total. The molecular formula is C16H20N8O. The molecule has 3 aliphatic rings. The van der Waals surface area contributed by atoms with Crippen LogP contribution in [0.4, 0.5) is 11.6 Å². The molecule has 3 aliphatic heterocycles. The maximum absolute atomic E-state index is 5.49. The van der Waals surface area contributed by atoms with E-state index in [0.717, 1.165) is 56.5 Å². The molecule has 0 unspecified atom stereocenters. The Morgan fingerprint density at radius 3 is 2.76 bits per heavy atom. The van der Waals surface area contributed by atoms with Gasteiger partial charge in [-0.25, -0.2) is 14.6 Å². The quantitative estimate of drug-likeness (QED) is 0.865. The number of rotatable bonds is 3. The zero-order chi connectivity index (χ0) is 16.7. The first-order valence-corrected chi connectivity index (χ1v) is 8.56. The fraction of sp³-hybridized carbons (Fsp3) is 0.500. The second-order valence-electron chi connectivity index (χ2n) is 6.90. The van der Waals surface area contributed by atoms with Gasteiger partial charge in [0.2, 0.25) is 0 Å². The van der Waals surface area contributed by atoms with Crippen LogP contribution in [0.1, 0.15) is 12.8 Å². The van der Waals surface area contributed by atoms with Crippen LogP contribution < -0.4 is 15.3 Å². The Bertz CT molecular complexity index is 775. The molecule has 130 valence electrons. The lowest BCUT2D eigenvalue weighted by Gasteiger charge is -2.52. The van der Waals surface area contributed by atoms with E-state index in [1.165, 1.54) is 0 Å². The van der Waals surface area contributed by atoms with Gasteiger partial charge in [0, 0.05) is 44.0 Å². The van der Waals surface area contributed by atoms with E-state index >= 15 is 0 Å². The van der Waals surface area contributed by atoms with E-state index in [0.29, 0.717) is 12.0 Å². The largest absolute Gasteiger partial charge is 0.381 e. The number of nitrogens with one attached hydrogen (secondary N) is 1. The molecular weight excluding hydrogens is 320 g/mol. The van der Waals surface area contributed by atoms with Gasteiger partial charge >= 0.3 is 0 Å². The van der Waals surface area contributed by atoms with Crippen LogP contribution in [0, 0.1) is 5.41 Å². The summed E-state index contributed by atoms with van der Waals surface area (Å²) in [6.07, 6.45) is 9.35. The predicted molar refractivity (Wildman–Crippen MR) is 91.5 cm³/mol. The molecule has 25 heavy (non-hydrogen) atoms. The van der Waals surface area contributed by atoms with Gasteiger partial charge in [0.05, 0.1) is 24.6 Å². The van der Waals surface area contributed by atoms with Crippen LogP contribution in [-0.2, 0) is 4.74 Å². The Morgan fingerprint density at radius 2 is 1.96 bits per heavy atom. The number of hydrazine groups is 1. The Morgan fingerprint density at radius 1 is 1.12 bits per heavy atom. The minimum absolute atomic E-state index is 0.428. The van der Waals surface area contributed by atoms with Crippen molar-refractivity contribution in [1.82, 2.24) is 30.4 Å². The minimum Gasteiger partial charge on any atom is -0.381 e. The van der Waals surface area contributed by atoms with Crippen molar-refractivity contribution in [3.63, 3.8) is 0 Å². The summed E-state index contributed by atoms with van der Waals surface area (Å²) >= 11 is 0. The fourth-order valence-electron chi connectivity index (χ4n) is 3.76. The van der Waals surface area contributed by atoms with Crippen molar-refractivity contribution in [3.05, 3.63) is 31.0 Å². The Kier molecular flexibility index (Phi) is 3.34. The number of ether oxygens (including phenoxy) is 1. The van der Waals surface area contributed by atoms with Gasteiger partial charge in [0.1, 0.15) is 12.1 Å². The lowest BCUT2D eigenvalue weighted by molar-refractivity contribution is -0.000459. The normalized spacial score (nSPS) is 21.8. The minimum atomic E-state index is 0.428. The van der Waals surface area contributed by atoms with Crippen LogP contribution in [0.2, 0.25) is 0 Å². The summed E-state index contributed by atoms with van der Waals surface area (Å²) < 4.78 is 7.24. The van der Waals surface area contributed by atoms with E-state index < -0.39 is 0 Å². The highest BCUT2D eigenvalue weighted by molar-refractivity contribution is 5.59. The Labute approximate surface area is 145 Å². The molecule has 5 heterocycles. The zero-order valence-electron chi connectivity index (χ0n) is 13.9. The van der Waals surface area contributed by atoms with Crippen LogP contribution >= 0.6 is 0 Å². The smallest absolute Gasteiger partial charge is 0.152 e. The van der Waals surface area contributed by atoms with Gasteiger partial charge in [-0.2, -0.15) is 0 Å². The molecule has 9 heteroatoms. The van der Waals surface area contributed by atoms with Crippen molar-refractivity contribution >= 4 is 17.3 Å². The van der Waals surface area contributed by atoms with Crippen LogP contribution in [0.25, 0.3) is 5.70 Å². The van der Waals surface area contributed by atoms with E-state index in [1.807, 2.05) is 23.5 Å². The van der Waals surface area contributed by atoms with E-state index in [9.17, 15) is 0 Å². The van der Waals surface area contributed by atoms with Gasteiger partial charge in [-0.15, -0.1) is 5.10 Å². The molecule has 0 atom stereocenters. The average molecular weight is 340 g/mol. The average Bonchev–Trinajstić information content (AvgIpc) is 3.32. The van der Waals surface area contributed by atoms with E-state index in [1.54, 1.807) is 17.2 Å².